The van der Waals surface area contributed by atoms with E-state index in [1.165, 1.54) is 19.3 Å². The molecule has 2 rings (SSSR count). The first-order valence-electron chi connectivity index (χ1n) is 6.90. The second-order valence-corrected chi connectivity index (χ2v) is 5.28. The summed E-state index contributed by atoms with van der Waals surface area (Å²) in [6, 6.07) is 5.34. The number of nitrogens with one attached hydrogen (secondary N) is 1. The van der Waals surface area contributed by atoms with Crippen LogP contribution >= 0.6 is 0 Å². The maximum atomic E-state index is 13.6. The molecule has 0 saturated heterocycles. The van der Waals surface area contributed by atoms with Crippen LogP contribution in [-0.2, 0) is 6.54 Å². The minimum Gasteiger partial charge on any atom is -0.374 e. The average molecular weight is 250 g/mol. The third-order valence-electron chi connectivity index (χ3n) is 3.72. The van der Waals surface area contributed by atoms with Crippen molar-refractivity contribution in [3.63, 3.8) is 0 Å². The van der Waals surface area contributed by atoms with Gasteiger partial charge in [-0.25, -0.2) is 4.39 Å². The summed E-state index contributed by atoms with van der Waals surface area (Å²) < 4.78 is 13.6. The molecule has 1 fully saturated rings. The van der Waals surface area contributed by atoms with Crippen LogP contribution in [0.2, 0.25) is 0 Å². The summed E-state index contributed by atoms with van der Waals surface area (Å²) in [5, 5.41) is 3.24. The average Bonchev–Trinajstić information content (AvgIpc) is 2.30. The summed E-state index contributed by atoms with van der Waals surface area (Å²) in [5.41, 5.74) is 2.02. The predicted octanol–water partition coefficient (Wildman–Crippen LogP) is 3.17. The van der Waals surface area contributed by atoms with Crippen LogP contribution in [0.15, 0.2) is 18.2 Å². The summed E-state index contributed by atoms with van der Waals surface area (Å²) in [7, 11) is 2.06. The van der Waals surface area contributed by atoms with Gasteiger partial charge in [-0.1, -0.05) is 13.3 Å². The van der Waals surface area contributed by atoms with E-state index in [9.17, 15) is 4.39 Å². The predicted molar refractivity (Wildman–Crippen MR) is 74.4 cm³/mol. The van der Waals surface area contributed by atoms with Gasteiger partial charge in [0.15, 0.2) is 0 Å². The number of anilines is 1. The summed E-state index contributed by atoms with van der Waals surface area (Å²) in [6.07, 6.45) is 4.00. The molecule has 1 aliphatic carbocycles. The number of nitrogens with zero attached hydrogens (tertiary/aromatic N) is 1. The highest BCUT2D eigenvalue weighted by molar-refractivity contribution is 5.48. The van der Waals surface area contributed by atoms with E-state index in [4.69, 9.17) is 0 Å². The van der Waals surface area contributed by atoms with Crippen molar-refractivity contribution in [1.82, 2.24) is 5.32 Å². The molecule has 0 radical (unpaired) electrons. The van der Waals surface area contributed by atoms with Crippen LogP contribution in [0.3, 0.4) is 0 Å². The second kappa shape index (κ2) is 6.19. The molecule has 1 N–H and O–H groups in total. The molecule has 100 valence electrons. The van der Waals surface area contributed by atoms with Gasteiger partial charge in [0, 0.05) is 25.8 Å². The number of hydrogen-bond donors (Lipinski definition) is 1. The zero-order valence-electron chi connectivity index (χ0n) is 11.4. The molecule has 0 atom stereocenters. The highest BCUT2D eigenvalue weighted by Gasteiger charge is 2.19. The fraction of sp³-hybridized carbons (Fsp3) is 0.600. The van der Waals surface area contributed by atoms with Gasteiger partial charge in [0.2, 0.25) is 0 Å². The van der Waals surface area contributed by atoms with E-state index in [0.717, 1.165) is 36.8 Å². The molecule has 0 bridgehead atoms. The van der Waals surface area contributed by atoms with Crippen LogP contribution in [0, 0.1) is 11.7 Å². The van der Waals surface area contributed by atoms with Crippen molar-refractivity contribution in [1.29, 1.82) is 0 Å². The summed E-state index contributed by atoms with van der Waals surface area (Å²) >= 11 is 0. The first kappa shape index (κ1) is 13.3. The third kappa shape index (κ3) is 3.45. The van der Waals surface area contributed by atoms with E-state index in [0.29, 0.717) is 0 Å². The number of benzene rings is 1. The molecule has 1 aliphatic rings. The van der Waals surface area contributed by atoms with E-state index in [2.05, 4.69) is 30.3 Å². The van der Waals surface area contributed by atoms with Crippen molar-refractivity contribution < 1.29 is 4.39 Å². The molecule has 1 aromatic rings. The van der Waals surface area contributed by atoms with Gasteiger partial charge in [-0.3, -0.25) is 0 Å². The van der Waals surface area contributed by atoms with Crippen molar-refractivity contribution in [3.8, 4) is 0 Å². The maximum Gasteiger partial charge on any atom is 0.125 e. The van der Waals surface area contributed by atoms with Crippen molar-refractivity contribution in [2.75, 3.05) is 25.0 Å². The number of hydrogen-bond acceptors (Lipinski definition) is 2. The second-order valence-electron chi connectivity index (χ2n) is 5.28. The Morgan fingerprint density at radius 2 is 2.11 bits per heavy atom. The van der Waals surface area contributed by atoms with Gasteiger partial charge in [0.1, 0.15) is 5.82 Å². The SMILES string of the molecule is CCNCc1cc(F)cc(N(C)CC2CCC2)c1. The largest absolute Gasteiger partial charge is 0.374 e. The van der Waals surface area contributed by atoms with Crippen LogP contribution in [0.4, 0.5) is 10.1 Å². The first-order valence-corrected chi connectivity index (χ1v) is 6.90. The third-order valence-corrected chi connectivity index (χ3v) is 3.72. The molecule has 0 amide bonds. The zero-order chi connectivity index (χ0) is 13.0. The number of rotatable bonds is 6. The van der Waals surface area contributed by atoms with E-state index < -0.39 is 0 Å². The minimum absolute atomic E-state index is 0.138. The van der Waals surface area contributed by atoms with Crippen molar-refractivity contribution in [3.05, 3.63) is 29.6 Å². The Morgan fingerprint density at radius 3 is 2.72 bits per heavy atom. The molecule has 1 aromatic carbocycles. The molecule has 0 unspecified atom stereocenters. The molecule has 2 nitrogen and oxygen atoms in total. The van der Waals surface area contributed by atoms with Crippen LogP contribution in [-0.4, -0.2) is 20.1 Å². The Morgan fingerprint density at radius 1 is 1.33 bits per heavy atom. The van der Waals surface area contributed by atoms with Gasteiger partial charge in [-0.05, 0) is 49.1 Å². The topological polar surface area (TPSA) is 15.3 Å². The van der Waals surface area contributed by atoms with Gasteiger partial charge in [0.25, 0.3) is 0 Å². The number of halogens is 1. The lowest BCUT2D eigenvalue weighted by Crippen LogP contribution is -2.29. The Balaban J connectivity index is 2.03. The Bertz CT molecular complexity index is 388. The molecular weight excluding hydrogens is 227 g/mol. The lowest BCUT2D eigenvalue weighted by molar-refractivity contribution is 0.321. The molecule has 0 aliphatic heterocycles. The Hall–Kier alpha value is -1.09. The fourth-order valence-corrected chi connectivity index (χ4v) is 2.39. The van der Waals surface area contributed by atoms with Crippen LogP contribution < -0.4 is 10.2 Å². The summed E-state index contributed by atoms with van der Waals surface area (Å²) in [5.74, 6) is 0.663. The van der Waals surface area contributed by atoms with Crippen molar-refractivity contribution in [2.45, 2.75) is 32.7 Å². The van der Waals surface area contributed by atoms with Crippen molar-refractivity contribution in [2.24, 2.45) is 5.92 Å². The normalized spacial score (nSPS) is 15.5. The van der Waals surface area contributed by atoms with Gasteiger partial charge in [-0.2, -0.15) is 0 Å². The van der Waals surface area contributed by atoms with Crippen LogP contribution in [0.25, 0.3) is 0 Å². The quantitative estimate of drug-likeness (QED) is 0.834. The highest BCUT2D eigenvalue weighted by atomic mass is 19.1. The van der Waals surface area contributed by atoms with Crippen LogP contribution in [0.5, 0.6) is 0 Å². The summed E-state index contributed by atoms with van der Waals surface area (Å²) in [6.45, 7) is 4.75. The Labute approximate surface area is 109 Å². The monoisotopic (exact) mass is 250 g/mol. The maximum absolute atomic E-state index is 13.6. The van der Waals surface area contributed by atoms with Gasteiger partial charge < -0.3 is 10.2 Å². The lowest BCUT2D eigenvalue weighted by Gasteiger charge is -2.31. The molecule has 18 heavy (non-hydrogen) atoms. The van der Waals surface area contributed by atoms with E-state index in [1.807, 2.05) is 0 Å². The lowest BCUT2D eigenvalue weighted by atomic mass is 9.85. The molecule has 1 saturated carbocycles. The molecule has 0 heterocycles. The standard InChI is InChI=1S/C15H23FN2/c1-3-17-10-13-7-14(16)9-15(8-13)18(2)11-12-5-4-6-12/h7-9,12,17H,3-6,10-11H2,1-2H3. The highest BCUT2D eigenvalue weighted by Crippen LogP contribution is 2.28. The zero-order valence-corrected chi connectivity index (χ0v) is 11.4. The molecule has 0 aromatic heterocycles. The molecular formula is C15H23FN2. The fourth-order valence-electron chi connectivity index (χ4n) is 2.39. The smallest absolute Gasteiger partial charge is 0.125 e. The molecule has 0 spiro atoms. The Kier molecular flexibility index (Phi) is 4.59. The minimum atomic E-state index is -0.138. The van der Waals surface area contributed by atoms with Gasteiger partial charge in [-0.15, -0.1) is 0 Å². The van der Waals surface area contributed by atoms with E-state index in [1.54, 1.807) is 12.1 Å². The molecule has 3 heteroatoms. The first-order chi connectivity index (χ1) is 8.69. The van der Waals surface area contributed by atoms with Crippen LogP contribution in [0.1, 0.15) is 31.7 Å². The van der Waals surface area contributed by atoms with E-state index in [-0.39, 0.29) is 5.82 Å². The van der Waals surface area contributed by atoms with Gasteiger partial charge in [0.05, 0.1) is 0 Å². The summed E-state index contributed by atoms with van der Waals surface area (Å²) in [4.78, 5) is 2.18. The van der Waals surface area contributed by atoms with Crippen molar-refractivity contribution >= 4 is 5.69 Å². The van der Waals surface area contributed by atoms with Gasteiger partial charge >= 0.3 is 0 Å². The van der Waals surface area contributed by atoms with E-state index >= 15 is 0 Å².